The maximum Gasteiger partial charge on any atom is 0.0917 e. The number of aliphatic hydroxyl groups is 1. The highest BCUT2D eigenvalue weighted by Gasteiger charge is 2.23. The molecule has 1 saturated heterocycles. The van der Waals surface area contributed by atoms with Crippen molar-refractivity contribution in [1.29, 1.82) is 0 Å². The summed E-state index contributed by atoms with van der Waals surface area (Å²) in [6.45, 7) is 7.32. The first-order valence-corrected chi connectivity index (χ1v) is 7.56. The molecule has 0 bridgehead atoms. The van der Waals surface area contributed by atoms with E-state index in [0.29, 0.717) is 28.4 Å². The highest BCUT2D eigenvalue weighted by Crippen LogP contribution is 2.27. The van der Waals surface area contributed by atoms with Gasteiger partial charge in [0.05, 0.1) is 16.1 Å². The third-order valence-electron chi connectivity index (χ3n) is 3.70. The second-order valence-electron chi connectivity index (χ2n) is 5.85. The zero-order valence-corrected chi connectivity index (χ0v) is 13.0. The van der Waals surface area contributed by atoms with Crippen molar-refractivity contribution < 1.29 is 5.11 Å². The molecule has 1 aromatic rings. The fourth-order valence-corrected chi connectivity index (χ4v) is 3.32. The minimum absolute atomic E-state index is 0.499. The van der Waals surface area contributed by atoms with Gasteiger partial charge in [-0.15, -0.1) is 0 Å². The molecule has 0 saturated carbocycles. The molecule has 2 rings (SSSR count). The predicted octanol–water partition coefficient (Wildman–Crippen LogP) is 4.00. The van der Waals surface area contributed by atoms with Crippen LogP contribution in [0.4, 0.5) is 0 Å². The summed E-state index contributed by atoms with van der Waals surface area (Å²) in [7, 11) is 0. The van der Waals surface area contributed by atoms with Crippen LogP contribution < -0.4 is 0 Å². The van der Waals surface area contributed by atoms with Crippen LogP contribution in [0.3, 0.4) is 0 Å². The molecule has 1 aliphatic rings. The molecule has 3 atom stereocenters. The number of benzene rings is 1. The number of piperidine rings is 1. The molecule has 19 heavy (non-hydrogen) atoms. The summed E-state index contributed by atoms with van der Waals surface area (Å²) in [4.78, 5) is 2.34. The second-order valence-corrected chi connectivity index (χ2v) is 6.67. The lowest BCUT2D eigenvalue weighted by Gasteiger charge is -2.36. The highest BCUT2D eigenvalue weighted by molar-refractivity contribution is 6.42. The van der Waals surface area contributed by atoms with Gasteiger partial charge in [0, 0.05) is 19.6 Å². The van der Waals surface area contributed by atoms with E-state index in [-0.39, 0.29) is 0 Å². The van der Waals surface area contributed by atoms with Gasteiger partial charge in [0.1, 0.15) is 0 Å². The molecule has 1 aromatic carbocycles. The average Bonchev–Trinajstić information content (AvgIpc) is 2.31. The molecule has 2 nitrogen and oxygen atoms in total. The quantitative estimate of drug-likeness (QED) is 0.912. The fraction of sp³-hybridized carbons (Fsp3) is 0.600. The van der Waals surface area contributed by atoms with Gasteiger partial charge in [-0.25, -0.2) is 0 Å². The predicted molar refractivity (Wildman–Crippen MR) is 80.8 cm³/mol. The van der Waals surface area contributed by atoms with Crippen molar-refractivity contribution in [2.45, 2.75) is 26.4 Å². The standard InChI is InChI=1S/C15H21Cl2NO/c1-10-5-11(2)8-18(7-10)9-15(19)12-3-4-13(16)14(17)6-12/h3-4,6,10-11,15,19H,5,7-9H2,1-2H3. The number of hydrogen-bond donors (Lipinski definition) is 1. The van der Waals surface area contributed by atoms with Crippen molar-refractivity contribution in [2.75, 3.05) is 19.6 Å². The number of β-amino-alcohol motifs (C(OH)–C–C–N with tert-alkyl or cyclic N) is 1. The van der Waals surface area contributed by atoms with E-state index < -0.39 is 6.10 Å². The highest BCUT2D eigenvalue weighted by atomic mass is 35.5. The van der Waals surface area contributed by atoms with E-state index in [9.17, 15) is 5.11 Å². The Morgan fingerprint density at radius 3 is 2.42 bits per heavy atom. The third kappa shape index (κ3) is 4.09. The Morgan fingerprint density at radius 1 is 1.21 bits per heavy atom. The summed E-state index contributed by atoms with van der Waals surface area (Å²) < 4.78 is 0. The molecule has 106 valence electrons. The smallest absolute Gasteiger partial charge is 0.0917 e. The Balaban J connectivity index is 2.00. The molecule has 0 amide bonds. The summed E-state index contributed by atoms with van der Waals surface area (Å²) in [5.41, 5.74) is 0.834. The molecular weight excluding hydrogens is 281 g/mol. The molecule has 3 unspecified atom stereocenters. The van der Waals surface area contributed by atoms with Crippen molar-refractivity contribution in [3.05, 3.63) is 33.8 Å². The monoisotopic (exact) mass is 301 g/mol. The first-order chi connectivity index (χ1) is 8.95. The number of likely N-dealkylation sites (tertiary alicyclic amines) is 1. The molecular formula is C15H21Cl2NO. The van der Waals surface area contributed by atoms with Crippen molar-refractivity contribution in [2.24, 2.45) is 11.8 Å². The number of nitrogens with zero attached hydrogens (tertiary/aromatic N) is 1. The Bertz CT molecular complexity index is 428. The average molecular weight is 302 g/mol. The van der Waals surface area contributed by atoms with Crippen LogP contribution in [0.2, 0.25) is 10.0 Å². The second kappa shape index (κ2) is 6.45. The summed E-state index contributed by atoms with van der Waals surface area (Å²) in [5.74, 6) is 1.40. The SMILES string of the molecule is CC1CC(C)CN(CC(O)c2ccc(Cl)c(Cl)c2)C1. The van der Waals surface area contributed by atoms with Crippen LogP contribution >= 0.6 is 23.2 Å². The number of hydrogen-bond acceptors (Lipinski definition) is 2. The first-order valence-electron chi connectivity index (χ1n) is 6.81. The molecule has 4 heteroatoms. The third-order valence-corrected chi connectivity index (χ3v) is 4.44. The van der Waals surface area contributed by atoms with Gasteiger partial charge in [0.2, 0.25) is 0 Å². The summed E-state index contributed by atoms with van der Waals surface area (Å²) in [5, 5.41) is 11.3. The van der Waals surface area contributed by atoms with Gasteiger partial charge >= 0.3 is 0 Å². The normalized spacial score (nSPS) is 26.4. The molecule has 1 fully saturated rings. The van der Waals surface area contributed by atoms with E-state index >= 15 is 0 Å². The van der Waals surface area contributed by atoms with Crippen molar-refractivity contribution in [3.63, 3.8) is 0 Å². The van der Waals surface area contributed by atoms with Crippen LogP contribution in [-0.2, 0) is 0 Å². The van der Waals surface area contributed by atoms with E-state index in [1.807, 2.05) is 6.07 Å². The Kier molecular flexibility index (Phi) is 5.13. The molecule has 1 aliphatic heterocycles. The zero-order valence-electron chi connectivity index (χ0n) is 11.4. The minimum atomic E-state index is -0.507. The van der Waals surface area contributed by atoms with Gasteiger partial charge in [-0.2, -0.15) is 0 Å². The number of aliphatic hydroxyl groups excluding tert-OH is 1. The molecule has 0 aliphatic carbocycles. The van der Waals surface area contributed by atoms with Crippen LogP contribution in [0.5, 0.6) is 0 Å². The largest absolute Gasteiger partial charge is 0.387 e. The van der Waals surface area contributed by atoms with E-state index in [0.717, 1.165) is 18.7 Å². The first kappa shape index (κ1) is 15.1. The van der Waals surface area contributed by atoms with Gasteiger partial charge in [-0.1, -0.05) is 43.1 Å². The lowest BCUT2D eigenvalue weighted by molar-refractivity contribution is 0.0699. The molecule has 1 N–H and O–H groups in total. The van der Waals surface area contributed by atoms with Crippen LogP contribution in [0.15, 0.2) is 18.2 Å². The summed E-state index contributed by atoms with van der Waals surface area (Å²) in [6.07, 6.45) is 0.770. The lowest BCUT2D eigenvalue weighted by Crippen LogP contribution is -2.40. The molecule has 0 radical (unpaired) electrons. The molecule has 0 spiro atoms. The van der Waals surface area contributed by atoms with Crippen molar-refractivity contribution >= 4 is 23.2 Å². The van der Waals surface area contributed by atoms with Crippen molar-refractivity contribution in [3.8, 4) is 0 Å². The van der Waals surface area contributed by atoms with Gasteiger partial charge in [0.25, 0.3) is 0 Å². The molecule has 0 aromatic heterocycles. The Hall–Kier alpha value is -0.280. The van der Waals surface area contributed by atoms with Gasteiger partial charge in [-0.3, -0.25) is 4.90 Å². The van der Waals surface area contributed by atoms with E-state index in [1.165, 1.54) is 6.42 Å². The van der Waals surface area contributed by atoms with Crippen LogP contribution in [0, 0.1) is 11.8 Å². The topological polar surface area (TPSA) is 23.5 Å². The number of rotatable bonds is 3. The van der Waals surface area contributed by atoms with Crippen LogP contribution in [0.25, 0.3) is 0 Å². The molecule has 1 heterocycles. The van der Waals surface area contributed by atoms with Crippen LogP contribution in [0.1, 0.15) is 31.9 Å². The summed E-state index contributed by atoms with van der Waals surface area (Å²) >= 11 is 11.9. The maximum atomic E-state index is 10.3. The van der Waals surface area contributed by atoms with Crippen LogP contribution in [-0.4, -0.2) is 29.6 Å². The van der Waals surface area contributed by atoms with Gasteiger partial charge in [-0.05, 0) is 36.0 Å². The van der Waals surface area contributed by atoms with E-state index in [4.69, 9.17) is 23.2 Å². The van der Waals surface area contributed by atoms with E-state index in [2.05, 4.69) is 18.7 Å². The van der Waals surface area contributed by atoms with Crippen molar-refractivity contribution in [1.82, 2.24) is 4.90 Å². The summed E-state index contributed by atoms with van der Waals surface area (Å²) in [6, 6.07) is 5.34. The lowest BCUT2D eigenvalue weighted by atomic mass is 9.91. The zero-order chi connectivity index (χ0) is 14.0. The minimum Gasteiger partial charge on any atom is -0.387 e. The van der Waals surface area contributed by atoms with E-state index in [1.54, 1.807) is 12.1 Å². The van der Waals surface area contributed by atoms with Gasteiger partial charge in [0.15, 0.2) is 0 Å². The van der Waals surface area contributed by atoms with Gasteiger partial charge < -0.3 is 5.11 Å². The fourth-order valence-electron chi connectivity index (χ4n) is 3.01. The Morgan fingerprint density at radius 2 is 1.84 bits per heavy atom. The maximum absolute atomic E-state index is 10.3. The number of halogens is 2. The Labute approximate surface area is 125 Å².